The Morgan fingerprint density at radius 2 is 2.05 bits per heavy atom. The lowest BCUT2D eigenvalue weighted by atomic mass is 10.1. The molecule has 20 heavy (non-hydrogen) atoms. The first-order valence-electron chi connectivity index (χ1n) is 6.39. The van der Waals surface area contributed by atoms with Crippen molar-refractivity contribution in [3.8, 4) is 0 Å². The van der Waals surface area contributed by atoms with Crippen molar-refractivity contribution in [3.63, 3.8) is 0 Å². The molecule has 0 saturated carbocycles. The Kier molecular flexibility index (Phi) is 6.14. The van der Waals surface area contributed by atoms with Crippen LogP contribution in [0.4, 0.5) is 5.69 Å². The second-order valence-corrected chi connectivity index (χ2v) is 4.69. The normalized spacial score (nSPS) is 13.6. The number of rotatable bonds is 7. The minimum Gasteiger partial charge on any atom is -0.481 e. The third-order valence-corrected chi connectivity index (χ3v) is 2.78. The number of hydrogen-bond donors (Lipinski definition) is 4. The Labute approximate surface area is 117 Å². The molecule has 0 saturated heterocycles. The van der Waals surface area contributed by atoms with E-state index in [0.717, 1.165) is 5.56 Å². The van der Waals surface area contributed by atoms with Crippen LogP contribution in [0.1, 0.15) is 31.9 Å². The van der Waals surface area contributed by atoms with E-state index in [0.29, 0.717) is 5.69 Å². The number of carboxylic acid groups (broad SMARTS) is 1. The molecule has 0 heterocycles. The molecule has 0 aliphatic rings. The number of aliphatic carboxylic acids is 1. The molecule has 1 aromatic rings. The number of carbonyl (C=O) groups is 2. The van der Waals surface area contributed by atoms with Crippen molar-refractivity contribution in [1.29, 1.82) is 0 Å². The number of carbonyl (C=O) groups excluding carboxylic acids is 1. The van der Waals surface area contributed by atoms with Crippen molar-refractivity contribution in [2.45, 2.75) is 32.4 Å². The third kappa shape index (κ3) is 5.81. The molecule has 110 valence electrons. The molecule has 0 aliphatic heterocycles. The van der Waals surface area contributed by atoms with Gasteiger partial charge in [0.05, 0.1) is 12.5 Å². The van der Waals surface area contributed by atoms with Gasteiger partial charge in [-0.1, -0.05) is 12.1 Å². The van der Waals surface area contributed by atoms with Gasteiger partial charge in [-0.15, -0.1) is 0 Å². The molecule has 0 fully saturated rings. The Morgan fingerprint density at radius 3 is 2.65 bits per heavy atom. The minimum absolute atomic E-state index is 0.0628. The van der Waals surface area contributed by atoms with Gasteiger partial charge in [-0.2, -0.15) is 0 Å². The van der Waals surface area contributed by atoms with Crippen molar-refractivity contribution in [3.05, 3.63) is 29.8 Å². The number of nitrogens with one attached hydrogen (secondary N) is 2. The van der Waals surface area contributed by atoms with Gasteiger partial charge in [0.1, 0.15) is 0 Å². The highest BCUT2D eigenvalue weighted by Crippen LogP contribution is 2.17. The van der Waals surface area contributed by atoms with E-state index in [1.807, 2.05) is 25.1 Å². The first-order valence-corrected chi connectivity index (χ1v) is 6.39. The molecule has 1 rings (SSSR count). The van der Waals surface area contributed by atoms with Gasteiger partial charge in [-0.3, -0.25) is 9.59 Å². The van der Waals surface area contributed by atoms with Crippen molar-refractivity contribution >= 4 is 17.6 Å². The van der Waals surface area contributed by atoms with Gasteiger partial charge in [-0.05, 0) is 24.6 Å². The smallest absolute Gasteiger partial charge is 0.306 e. The van der Waals surface area contributed by atoms with Crippen molar-refractivity contribution in [2.24, 2.45) is 0 Å². The standard InChI is InChI=1S/C14H20N2O4/c1-9(15-8-13(18)7-14(19)20)11-4-3-5-12(6-11)16-10(2)17/h3-6,9,13,15,18H,7-8H2,1-2H3,(H,16,17)(H,19,20). The van der Waals surface area contributed by atoms with E-state index in [-0.39, 0.29) is 24.9 Å². The van der Waals surface area contributed by atoms with Crippen LogP contribution in [-0.2, 0) is 9.59 Å². The largest absolute Gasteiger partial charge is 0.481 e. The highest BCUT2D eigenvalue weighted by Gasteiger charge is 2.12. The van der Waals surface area contributed by atoms with Crippen LogP contribution >= 0.6 is 0 Å². The number of aliphatic hydroxyl groups excluding tert-OH is 1. The van der Waals surface area contributed by atoms with Gasteiger partial charge in [-0.25, -0.2) is 0 Å². The van der Waals surface area contributed by atoms with Crippen LogP contribution in [0.25, 0.3) is 0 Å². The van der Waals surface area contributed by atoms with Gasteiger partial charge in [0, 0.05) is 25.2 Å². The Hall–Kier alpha value is -1.92. The summed E-state index contributed by atoms with van der Waals surface area (Å²) in [4.78, 5) is 21.4. The number of carboxylic acids is 1. The average Bonchev–Trinajstić information content (AvgIpc) is 2.34. The van der Waals surface area contributed by atoms with E-state index in [1.165, 1.54) is 6.92 Å². The molecular weight excluding hydrogens is 260 g/mol. The molecule has 0 spiro atoms. The Morgan fingerprint density at radius 1 is 1.35 bits per heavy atom. The molecule has 2 unspecified atom stereocenters. The monoisotopic (exact) mass is 280 g/mol. The van der Waals surface area contributed by atoms with E-state index in [4.69, 9.17) is 5.11 Å². The van der Waals surface area contributed by atoms with E-state index in [2.05, 4.69) is 10.6 Å². The van der Waals surface area contributed by atoms with Crippen LogP contribution in [0, 0.1) is 0 Å². The fraction of sp³-hybridized carbons (Fsp3) is 0.429. The first kappa shape index (κ1) is 16.1. The summed E-state index contributed by atoms with van der Waals surface area (Å²) in [5.74, 6) is -1.17. The third-order valence-electron chi connectivity index (χ3n) is 2.78. The summed E-state index contributed by atoms with van der Waals surface area (Å²) in [5, 5.41) is 23.8. The van der Waals surface area contributed by atoms with E-state index >= 15 is 0 Å². The molecule has 4 N–H and O–H groups in total. The number of aliphatic hydroxyl groups is 1. The first-order chi connectivity index (χ1) is 9.38. The minimum atomic E-state index is -1.03. The molecule has 6 nitrogen and oxygen atoms in total. The Bertz CT molecular complexity index is 476. The van der Waals surface area contributed by atoms with Gasteiger partial charge in [0.25, 0.3) is 0 Å². The van der Waals surface area contributed by atoms with E-state index in [1.54, 1.807) is 6.07 Å². The molecule has 0 bridgehead atoms. The lowest BCUT2D eigenvalue weighted by molar-refractivity contribution is -0.139. The van der Waals surface area contributed by atoms with Crippen molar-refractivity contribution in [2.75, 3.05) is 11.9 Å². The summed E-state index contributed by atoms with van der Waals surface area (Å²) < 4.78 is 0. The molecule has 0 radical (unpaired) electrons. The predicted molar refractivity (Wildman–Crippen MR) is 75.4 cm³/mol. The number of anilines is 1. The zero-order valence-electron chi connectivity index (χ0n) is 11.6. The maximum atomic E-state index is 11.0. The number of benzene rings is 1. The molecule has 1 amide bonds. The maximum absolute atomic E-state index is 11.0. The fourth-order valence-electron chi connectivity index (χ4n) is 1.79. The fourth-order valence-corrected chi connectivity index (χ4v) is 1.79. The highest BCUT2D eigenvalue weighted by atomic mass is 16.4. The quantitative estimate of drug-likeness (QED) is 0.600. The summed E-state index contributed by atoms with van der Waals surface area (Å²) >= 11 is 0. The summed E-state index contributed by atoms with van der Waals surface area (Å²) in [6.45, 7) is 3.54. The highest BCUT2D eigenvalue weighted by molar-refractivity contribution is 5.88. The van der Waals surface area contributed by atoms with Crippen molar-refractivity contribution < 1.29 is 19.8 Å². The zero-order chi connectivity index (χ0) is 15.1. The van der Waals surface area contributed by atoms with Crippen LogP contribution < -0.4 is 10.6 Å². The zero-order valence-corrected chi connectivity index (χ0v) is 11.6. The summed E-state index contributed by atoms with van der Waals surface area (Å²) in [5.41, 5.74) is 1.65. The van der Waals surface area contributed by atoms with Crippen LogP contribution in [0.5, 0.6) is 0 Å². The van der Waals surface area contributed by atoms with Crippen molar-refractivity contribution in [1.82, 2.24) is 5.32 Å². The van der Waals surface area contributed by atoms with Gasteiger partial charge in [0.2, 0.25) is 5.91 Å². The van der Waals surface area contributed by atoms with Gasteiger partial charge < -0.3 is 20.8 Å². The molecule has 6 heteroatoms. The number of hydrogen-bond acceptors (Lipinski definition) is 4. The average molecular weight is 280 g/mol. The molecule has 2 atom stereocenters. The maximum Gasteiger partial charge on any atom is 0.306 e. The van der Waals surface area contributed by atoms with Crippen LogP contribution in [0.15, 0.2) is 24.3 Å². The predicted octanol–water partition coefficient (Wildman–Crippen LogP) is 1.13. The molecule has 1 aromatic carbocycles. The second-order valence-electron chi connectivity index (χ2n) is 4.69. The van der Waals surface area contributed by atoms with Crippen LogP contribution in [0.3, 0.4) is 0 Å². The lowest BCUT2D eigenvalue weighted by Crippen LogP contribution is -2.30. The lowest BCUT2D eigenvalue weighted by Gasteiger charge is -2.17. The summed E-state index contributed by atoms with van der Waals surface area (Å²) in [6.07, 6.45) is -1.21. The van der Waals surface area contributed by atoms with E-state index < -0.39 is 12.1 Å². The van der Waals surface area contributed by atoms with Gasteiger partial charge >= 0.3 is 5.97 Å². The topological polar surface area (TPSA) is 98.7 Å². The SMILES string of the molecule is CC(=O)Nc1cccc(C(C)NCC(O)CC(=O)O)c1. The van der Waals surface area contributed by atoms with Gasteiger partial charge in [0.15, 0.2) is 0 Å². The Balaban J connectivity index is 2.56. The summed E-state index contributed by atoms with van der Waals surface area (Å²) in [6, 6.07) is 7.28. The molecule has 0 aliphatic carbocycles. The number of amides is 1. The second kappa shape index (κ2) is 7.62. The van der Waals surface area contributed by atoms with Crippen LogP contribution in [0.2, 0.25) is 0 Å². The molecular formula is C14H20N2O4. The van der Waals surface area contributed by atoms with E-state index in [9.17, 15) is 14.7 Å². The summed E-state index contributed by atoms with van der Waals surface area (Å²) in [7, 11) is 0. The molecule has 0 aromatic heterocycles. The van der Waals surface area contributed by atoms with Crippen LogP contribution in [-0.4, -0.2) is 34.7 Å².